The zero-order chi connectivity index (χ0) is 22.0. The van der Waals surface area contributed by atoms with Crippen LogP contribution in [-0.4, -0.2) is 34.4 Å². The molecule has 2 aromatic heterocycles. The van der Waals surface area contributed by atoms with Crippen LogP contribution in [0, 0.1) is 0 Å². The Balaban J connectivity index is 1.38. The number of carbonyl (C=O) groups is 2. The van der Waals surface area contributed by atoms with Gasteiger partial charge in [0.25, 0.3) is 0 Å². The molecule has 4 rings (SSSR count). The predicted molar refractivity (Wildman–Crippen MR) is 121 cm³/mol. The third kappa shape index (κ3) is 4.95. The Hall–Kier alpha value is -3.16. The number of ether oxygens (including phenoxy) is 1. The lowest BCUT2D eigenvalue weighted by Crippen LogP contribution is -2.33. The zero-order valence-electron chi connectivity index (χ0n) is 16.6. The van der Waals surface area contributed by atoms with Gasteiger partial charge in [-0.05, 0) is 54.5 Å². The molecule has 158 valence electrons. The molecule has 1 amide bonds. The Morgan fingerprint density at radius 2 is 2.16 bits per heavy atom. The van der Waals surface area contributed by atoms with Gasteiger partial charge in [0.15, 0.2) is 5.78 Å². The van der Waals surface area contributed by atoms with Gasteiger partial charge in [0, 0.05) is 35.2 Å². The molecule has 1 atom stereocenters. The second kappa shape index (κ2) is 8.91. The molecule has 6 nitrogen and oxygen atoms in total. The van der Waals surface area contributed by atoms with Crippen molar-refractivity contribution in [3.8, 4) is 22.1 Å². The van der Waals surface area contributed by atoms with Gasteiger partial charge in [0.05, 0.1) is 16.4 Å². The van der Waals surface area contributed by atoms with Crippen LogP contribution in [0.5, 0.6) is 11.6 Å². The van der Waals surface area contributed by atoms with Gasteiger partial charge in [0.1, 0.15) is 11.9 Å². The number of aromatic hydroxyl groups is 1. The smallest absolute Gasteiger partial charge is 0.244 e. The standard InChI is InChI=1S/C23H19ClN2O4S/c1-13(27)19-4-5-20(31-19)15-8-16-9-17(30-23(16)18(24)10-15)12-26-22(29)7-3-14-2-6-21(28)25-11-14/h2-8,10-11,17H,9,12H2,1H3,(H,25,28)(H,26,29)/b7-3+. The molecule has 31 heavy (non-hydrogen) atoms. The lowest BCUT2D eigenvalue weighted by Gasteiger charge is -2.11. The average molecular weight is 455 g/mol. The quantitative estimate of drug-likeness (QED) is 0.422. The molecule has 3 aromatic rings. The number of hydrogen-bond acceptors (Lipinski definition) is 6. The summed E-state index contributed by atoms with van der Waals surface area (Å²) in [6, 6.07) is 10.7. The second-order valence-corrected chi connectivity index (χ2v) is 8.63. The van der Waals surface area contributed by atoms with Crippen LogP contribution < -0.4 is 10.1 Å². The van der Waals surface area contributed by atoms with Crippen molar-refractivity contribution in [2.45, 2.75) is 19.4 Å². The SMILES string of the molecule is CC(=O)c1ccc(-c2cc(Cl)c3c(c2)CC(CNC(=O)/C=C/c2ccc(O)nc2)O3)s1. The van der Waals surface area contributed by atoms with Crippen molar-refractivity contribution in [1.82, 2.24) is 10.3 Å². The van der Waals surface area contributed by atoms with Crippen molar-refractivity contribution in [3.05, 3.63) is 69.7 Å². The highest BCUT2D eigenvalue weighted by Gasteiger charge is 2.26. The van der Waals surface area contributed by atoms with Crippen LogP contribution in [0.2, 0.25) is 5.02 Å². The first-order valence-corrected chi connectivity index (χ1v) is 10.8. The molecule has 0 aliphatic carbocycles. The normalized spacial score (nSPS) is 15.0. The van der Waals surface area contributed by atoms with E-state index in [1.807, 2.05) is 24.3 Å². The summed E-state index contributed by atoms with van der Waals surface area (Å²) in [5, 5.41) is 12.5. The van der Waals surface area contributed by atoms with Gasteiger partial charge in [-0.15, -0.1) is 11.3 Å². The molecule has 0 radical (unpaired) electrons. The van der Waals surface area contributed by atoms with E-state index in [1.54, 1.807) is 19.1 Å². The fourth-order valence-electron chi connectivity index (χ4n) is 3.27. The van der Waals surface area contributed by atoms with Gasteiger partial charge < -0.3 is 15.2 Å². The number of nitrogens with zero attached hydrogens (tertiary/aromatic N) is 1. The molecule has 1 aliphatic heterocycles. The van der Waals surface area contributed by atoms with E-state index in [1.165, 1.54) is 29.7 Å². The molecule has 1 unspecified atom stereocenters. The number of thiophene rings is 1. The Morgan fingerprint density at radius 3 is 2.87 bits per heavy atom. The molecule has 0 fully saturated rings. The predicted octanol–water partition coefficient (Wildman–Crippen LogP) is 4.50. The van der Waals surface area contributed by atoms with Gasteiger partial charge in [0.2, 0.25) is 11.8 Å². The molecule has 1 aliphatic rings. The average Bonchev–Trinajstić information content (AvgIpc) is 3.39. The van der Waals surface area contributed by atoms with Crippen molar-refractivity contribution in [2.24, 2.45) is 0 Å². The summed E-state index contributed by atoms with van der Waals surface area (Å²) in [4.78, 5) is 29.1. The van der Waals surface area contributed by atoms with Crippen LogP contribution >= 0.6 is 22.9 Å². The molecular formula is C23H19ClN2O4S. The third-order valence-electron chi connectivity index (χ3n) is 4.79. The number of amides is 1. The fraction of sp³-hybridized carbons (Fsp3) is 0.174. The van der Waals surface area contributed by atoms with Crippen molar-refractivity contribution >= 4 is 40.7 Å². The minimum absolute atomic E-state index is 0.0402. The van der Waals surface area contributed by atoms with Gasteiger partial charge in [-0.25, -0.2) is 4.98 Å². The topological polar surface area (TPSA) is 88.5 Å². The number of carbonyl (C=O) groups excluding carboxylic acids is 2. The minimum atomic E-state index is -0.255. The van der Waals surface area contributed by atoms with E-state index in [0.717, 1.165) is 16.0 Å². The number of benzene rings is 1. The van der Waals surface area contributed by atoms with Gasteiger partial charge >= 0.3 is 0 Å². The number of pyridine rings is 1. The molecule has 0 saturated carbocycles. The Bertz CT molecular complexity index is 1170. The van der Waals surface area contributed by atoms with E-state index in [9.17, 15) is 14.7 Å². The molecular weight excluding hydrogens is 436 g/mol. The maximum absolute atomic E-state index is 12.1. The summed E-state index contributed by atoms with van der Waals surface area (Å²) in [7, 11) is 0. The summed E-state index contributed by atoms with van der Waals surface area (Å²) in [5.41, 5.74) is 2.63. The molecule has 0 bridgehead atoms. The summed E-state index contributed by atoms with van der Waals surface area (Å²) in [6.45, 7) is 1.89. The highest BCUT2D eigenvalue weighted by atomic mass is 35.5. The summed E-state index contributed by atoms with van der Waals surface area (Å²) < 4.78 is 5.94. The number of nitrogens with one attached hydrogen (secondary N) is 1. The lowest BCUT2D eigenvalue weighted by atomic mass is 10.1. The Labute approximate surface area is 188 Å². The van der Waals surface area contributed by atoms with E-state index in [2.05, 4.69) is 10.3 Å². The number of fused-ring (bicyclic) bond motifs is 1. The number of rotatable bonds is 6. The highest BCUT2D eigenvalue weighted by molar-refractivity contribution is 7.17. The largest absolute Gasteiger partial charge is 0.493 e. The van der Waals surface area contributed by atoms with Crippen molar-refractivity contribution in [3.63, 3.8) is 0 Å². The number of ketones is 1. The van der Waals surface area contributed by atoms with Crippen LogP contribution in [0.15, 0.2) is 48.7 Å². The second-order valence-electron chi connectivity index (χ2n) is 7.14. The van der Waals surface area contributed by atoms with Crippen molar-refractivity contribution in [1.29, 1.82) is 0 Å². The lowest BCUT2D eigenvalue weighted by molar-refractivity contribution is -0.116. The Morgan fingerprint density at radius 1 is 1.32 bits per heavy atom. The van der Waals surface area contributed by atoms with Crippen molar-refractivity contribution in [2.75, 3.05) is 6.54 Å². The summed E-state index contributed by atoms with van der Waals surface area (Å²) >= 11 is 7.88. The van der Waals surface area contributed by atoms with Gasteiger partial charge in [-0.3, -0.25) is 9.59 Å². The zero-order valence-corrected chi connectivity index (χ0v) is 18.2. The van der Waals surface area contributed by atoms with Gasteiger partial charge in [-0.2, -0.15) is 0 Å². The van der Waals surface area contributed by atoms with Crippen LogP contribution in [-0.2, 0) is 11.2 Å². The fourth-order valence-corrected chi connectivity index (χ4v) is 4.44. The first kappa shape index (κ1) is 21.1. The van der Waals surface area contributed by atoms with Crippen LogP contribution in [0.4, 0.5) is 0 Å². The molecule has 2 N–H and O–H groups in total. The van der Waals surface area contributed by atoms with Crippen LogP contribution in [0.25, 0.3) is 16.5 Å². The highest BCUT2D eigenvalue weighted by Crippen LogP contribution is 2.41. The molecule has 1 aromatic carbocycles. The van der Waals surface area contributed by atoms with E-state index in [4.69, 9.17) is 16.3 Å². The van der Waals surface area contributed by atoms with E-state index < -0.39 is 0 Å². The first-order chi connectivity index (χ1) is 14.9. The number of hydrogen-bond donors (Lipinski definition) is 2. The first-order valence-electron chi connectivity index (χ1n) is 9.60. The minimum Gasteiger partial charge on any atom is -0.493 e. The van der Waals surface area contributed by atoms with E-state index in [0.29, 0.717) is 34.2 Å². The van der Waals surface area contributed by atoms with Crippen LogP contribution in [0.1, 0.15) is 27.7 Å². The maximum atomic E-state index is 12.1. The number of halogens is 1. The van der Waals surface area contributed by atoms with E-state index in [-0.39, 0.29) is 23.7 Å². The molecule has 8 heteroatoms. The summed E-state index contributed by atoms with van der Waals surface area (Å²) in [6.07, 6.45) is 4.91. The number of aromatic nitrogens is 1. The molecule has 0 spiro atoms. The maximum Gasteiger partial charge on any atom is 0.244 e. The molecule has 0 saturated heterocycles. The monoisotopic (exact) mass is 454 g/mol. The van der Waals surface area contributed by atoms with E-state index >= 15 is 0 Å². The summed E-state index contributed by atoms with van der Waals surface area (Å²) in [5.74, 6) is 0.353. The van der Waals surface area contributed by atoms with Crippen LogP contribution in [0.3, 0.4) is 0 Å². The molecule has 3 heterocycles. The van der Waals surface area contributed by atoms with Crippen molar-refractivity contribution < 1.29 is 19.4 Å². The van der Waals surface area contributed by atoms with Gasteiger partial charge in [-0.1, -0.05) is 11.6 Å². The number of Topliss-reactive ketones (excluding diaryl/α,β-unsaturated/α-hetero) is 1. The third-order valence-corrected chi connectivity index (χ3v) is 6.31. The Kier molecular flexibility index (Phi) is 6.06.